The van der Waals surface area contributed by atoms with Crippen molar-refractivity contribution in [3.05, 3.63) is 58.1 Å². The number of hydrogen-bond acceptors (Lipinski definition) is 6. The van der Waals surface area contributed by atoms with E-state index in [0.29, 0.717) is 12.3 Å². The largest absolute Gasteiger partial charge is 0.492 e. The van der Waals surface area contributed by atoms with Crippen molar-refractivity contribution in [3.63, 3.8) is 0 Å². The molecule has 0 heterocycles. The quantitative estimate of drug-likeness (QED) is 0.423. The van der Waals surface area contributed by atoms with E-state index in [0.717, 1.165) is 6.07 Å². The molecule has 0 aliphatic carbocycles. The molecule has 0 unspecified atom stereocenters. The molecule has 0 aliphatic heterocycles. The van der Waals surface area contributed by atoms with E-state index in [4.69, 9.17) is 9.88 Å². The summed E-state index contributed by atoms with van der Waals surface area (Å²) in [5, 5.41) is 18.9. The fraction of sp³-hybridized carbons (Fsp3) is 0.333. The molecule has 27 heavy (non-hydrogen) atoms. The van der Waals surface area contributed by atoms with E-state index < -0.39 is 14.9 Å². The van der Waals surface area contributed by atoms with Crippen LogP contribution >= 0.6 is 0 Å². The monoisotopic (exact) mass is 393 g/mol. The van der Waals surface area contributed by atoms with Crippen LogP contribution < -0.4 is 15.2 Å². The molecule has 8 nitrogen and oxygen atoms in total. The van der Waals surface area contributed by atoms with Crippen LogP contribution in [0.2, 0.25) is 0 Å². The van der Waals surface area contributed by atoms with Gasteiger partial charge in [0.1, 0.15) is 17.3 Å². The molecule has 0 bridgehead atoms. The van der Waals surface area contributed by atoms with Crippen LogP contribution in [0.25, 0.3) is 0 Å². The predicted molar refractivity (Wildman–Crippen MR) is 104 cm³/mol. The summed E-state index contributed by atoms with van der Waals surface area (Å²) in [5.41, 5.74) is 1.09. The number of nitro benzene ring substituents is 1. The average molecular weight is 393 g/mol. The lowest BCUT2D eigenvalue weighted by molar-refractivity contribution is -0.385. The molecular weight excluding hydrogens is 370 g/mol. The molecular formula is C18H23N3O5S. The second kappa shape index (κ2) is 7.93. The van der Waals surface area contributed by atoms with Gasteiger partial charge in [-0.15, -0.1) is 0 Å². The van der Waals surface area contributed by atoms with E-state index in [2.05, 4.69) is 26.1 Å². The normalized spacial score (nSPS) is 11.9. The maximum Gasteiger partial charge on any atom is 0.270 e. The molecule has 0 aromatic heterocycles. The second-order valence-electron chi connectivity index (χ2n) is 7.03. The summed E-state index contributed by atoms with van der Waals surface area (Å²) < 4.78 is 29.0. The first kappa shape index (κ1) is 20.7. The molecule has 2 aromatic rings. The van der Waals surface area contributed by atoms with Gasteiger partial charge < -0.3 is 10.1 Å². The van der Waals surface area contributed by atoms with Gasteiger partial charge in [-0.25, -0.2) is 13.6 Å². The lowest BCUT2D eigenvalue weighted by Gasteiger charge is -2.19. The van der Waals surface area contributed by atoms with Crippen LogP contribution in [0.4, 0.5) is 11.4 Å². The first-order valence-electron chi connectivity index (χ1n) is 8.27. The van der Waals surface area contributed by atoms with Gasteiger partial charge in [0.2, 0.25) is 10.0 Å². The number of ether oxygens (including phenoxy) is 1. The standard InChI is InChI=1S/C18H23N3O5S/c1-18(2,3)13-4-7-15(8-5-13)26-11-10-20-16-9-6-14(21(22)23)12-17(16)27(19,24)25/h4-9,12,20H,10-11H2,1-3H3,(H2,19,24,25). The SMILES string of the molecule is CC(C)(C)c1ccc(OCCNc2ccc([N+](=O)[O-])cc2S(N)(=O)=O)cc1. The molecule has 0 saturated heterocycles. The first-order valence-corrected chi connectivity index (χ1v) is 9.81. The highest BCUT2D eigenvalue weighted by Gasteiger charge is 2.19. The van der Waals surface area contributed by atoms with Crippen LogP contribution in [0.1, 0.15) is 26.3 Å². The number of nitrogens with one attached hydrogen (secondary N) is 1. The topological polar surface area (TPSA) is 125 Å². The number of non-ortho nitro benzene ring substituents is 1. The fourth-order valence-corrected chi connectivity index (χ4v) is 3.14. The Bertz CT molecular complexity index is 919. The third kappa shape index (κ3) is 5.66. The third-order valence-electron chi connectivity index (χ3n) is 3.89. The zero-order chi connectivity index (χ0) is 20.2. The molecule has 0 saturated carbocycles. The Morgan fingerprint density at radius 3 is 2.30 bits per heavy atom. The summed E-state index contributed by atoms with van der Waals surface area (Å²) in [6, 6.07) is 11.2. The minimum absolute atomic E-state index is 0.0557. The van der Waals surface area contributed by atoms with Crippen molar-refractivity contribution in [1.82, 2.24) is 0 Å². The molecule has 146 valence electrons. The Hall–Kier alpha value is -2.65. The molecule has 0 spiro atoms. The van der Waals surface area contributed by atoms with Crippen molar-refractivity contribution < 1.29 is 18.1 Å². The Labute approximate surface area is 158 Å². The van der Waals surface area contributed by atoms with E-state index in [1.165, 1.54) is 17.7 Å². The van der Waals surface area contributed by atoms with Crippen LogP contribution in [-0.2, 0) is 15.4 Å². The summed E-state index contributed by atoms with van der Waals surface area (Å²) in [6.07, 6.45) is 0. The van der Waals surface area contributed by atoms with E-state index in [-0.39, 0.29) is 28.3 Å². The van der Waals surface area contributed by atoms with Crippen LogP contribution in [0, 0.1) is 10.1 Å². The Morgan fingerprint density at radius 1 is 1.15 bits per heavy atom. The highest BCUT2D eigenvalue weighted by Crippen LogP contribution is 2.26. The van der Waals surface area contributed by atoms with Gasteiger partial charge in [-0.3, -0.25) is 10.1 Å². The minimum Gasteiger partial charge on any atom is -0.492 e. The summed E-state index contributed by atoms with van der Waals surface area (Å²) in [5.74, 6) is 0.695. The number of nitrogens with zero attached hydrogens (tertiary/aromatic N) is 1. The van der Waals surface area contributed by atoms with Crippen molar-refractivity contribution in [2.24, 2.45) is 5.14 Å². The van der Waals surface area contributed by atoms with Gasteiger partial charge in [-0.05, 0) is 29.2 Å². The number of nitrogens with two attached hydrogens (primary N) is 1. The molecule has 2 aromatic carbocycles. The number of nitro groups is 1. The average Bonchev–Trinajstić information content (AvgIpc) is 2.57. The molecule has 0 fully saturated rings. The zero-order valence-electron chi connectivity index (χ0n) is 15.4. The van der Waals surface area contributed by atoms with Crippen molar-refractivity contribution in [2.45, 2.75) is 31.1 Å². The smallest absolute Gasteiger partial charge is 0.270 e. The molecule has 0 aliphatic rings. The highest BCUT2D eigenvalue weighted by atomic mass is 32.2. The third-order valence-corrected chi connectivity index (χ3v) is 4.84. The van der Waals surface area contributed by atoms with Crippen molar-refractivity contribution >= 4 is 21.4 Å². The van der Waals surface area contributed by atoms with Crippen molar-refractivity contribution in [1.29, 1.82) is 0 Å². The number of primary sulfonamides is 1. The zero-order valence-corrected chi connectivity index (χ0v) is 16.2. The second-order valence-corrected chi connectivity index (χ2v) is 8.56. The van der Waals surface area contributed by atoms with Gasteiger partial charge in [0.05, 0.1) is 10.6 Å². The Morgan fingerprint density at radius 2 is 1.78 bits per heavy atom. The first-order chi connectivity index (χ1) is 12.5. The van der Waals surface area contributed by atoms with E-state index in [9.17, 15) is 18.5 Å². The lowest BCUT2D eigenvalue weighted by Crippen LogP contribution is -2.18. The molecule has 9 heteroatoms. The molecule has 3 N–H and O–H groups in total. The number of hydrogen-bond donors (Lipinski definition) is 2. The summed E-state index contributed by atoms with van der Waals surface area (Å²) in [6.45, 7) is 6.94. The fourth-order valence-electron chi connectivity index (χ4n) is 2.41. The van der Waals surface area contributed by atoms with Gasteiger partial charge >= 0.3 is 0 Å². The molecule has 0 radical (unpaired) electrons. The minimum atomic E-state index is -4.11. The van der Waals surface area contributed by atoms with Crippen molar-refractivity contribution in [3.8, 4) is 5.75 Å². The van der Waals surface area contributed by atoms with E-state index in [1.54, 1.807) is 0 Å². The Balaban J connectivity index is 2.00. The number of rotatable bonds is 7. The van der Waals surface area contributed by atoms with Gasteiger partial charge in [0, 0.05) is 18.7 Å². The van der Waals surface area contributed by atoms with Crippen LogP contribution in [-0.4, -0.2) is 26.5 Å². The van der Waals surface area contributed by atoms with Gasteiger partial charge in [0.15, 0.2) is 0 Å². The number of anilines is 1. The summed E-state index contributed by atoms with van der Waals surface area (Å²) in [7, 11) is -4.11. The molecule has 0 amide bonds. The number of benzene rings is 2. The molecule has 0 atom stereocenters. The highest BCUT2D eigenvalue weighted by molar-refractivity contribution is 7.89. The number of sulfonamides is 1. The van der Waals surface area contributed by atoms with Gasteiger partial charge in [-0.1, -0.05) is 32.9 Å². The predicted octanol–water partition coefficient (Wildman–Crippen LogP) is 3.03. The maximum absolute atomic E-state index is 11.7. The lowest BCUT2D eigenvalue weighted by atomic mass is 9.87. The van der Waals surface area contributed by atoms with Crippen molar-refractivity contribution in [2.75, 3.05) is 18.5 Å². The van der Waals surface area contributed by atoms with Crippen LogP contribution in [0.3, 0.4) is 0 Å². The molecule has 2 rings (SSSR count). The van der Waals surface area contributed by atoms with Gasteiger partial charge in [0.25, 0.3) is 5.69 Å². The maximum atomic E-state index is 11.7. The van der Waals surface area contributed by atoms with E-state index >= 15 is 0 Å². The Kier molecular flexibility index (Phi) is 6.07. The van der Waals surface area contributed by atoms with Gasteiger partial charge in [-0.2, -0.15) is 0 Å². The van der Waals surface area contributed by atoms with E-state index in [1.807, 2.05) is 24.3 Å². The summed E-state index contributed by atoms with van der Waals surface area (Å²) >= 11 is 0. The van der Waals surface area contributed by atoms with Crippen LogP contribution in [0.15, 0.2) is 47.4 Å². The summed E-state index contributed by atoms with van der Waals surface area (Å²) in [4.78, 5) is 9.82. The van der Waals surface area contributed by atoms with Crippen LogP contribution in [0.5, 0.6) is 5.75 Å².